The van der Waals surface area contributed by atoms with Crippen LogP contribution < -0.4 is 74.8 Å². The largest absolute Gasteiger partial charge is 1.00 e. The SMILES string of the molecule is NOOP(=O)([O-])OP(=O)([O-])O.[Na+].[Na+]. The van der Waals surface area contributed by atoms with Crippen molar-refractivity contribution < 1.29 is 96.9 Å². The Morgan fingerprint density at radius 2 is 1.62 bits per heavy atom. The van der Waals surface area contributed by atoms with Gasteiger partial charge in [-0.1, -0.05) is 0 Å². The van der Waals surface area contributed by atoms with Gasteiger partial charge in [0.15, 0.2) is 0 Å². The Kier molecular flexibility index (Phi) is 13.2. The zero-order valence-corrected chi connectivity index (χ0v) is 12.6. The molecule has 0 rings (SSSR count). The Morgan fingerprint density at radius 1 is 1.23 bits per heavy atom. The molecular weight excluding hydrogens is 250 g/mol. The van der Waals surface area contributed by atoms with Crippen molar-refractivity contribution in [3.05, 3.63) is 0 Å². The van der Waals surface area contributed by atoms with Crippen LogP contribution in [0.5, 0.6) is 0 Å². The van der Waals surface area contributed by atoms with Gasteiger partial charge in [0.05, 0.1) is 0 Å². The summed E-state index contributed by atoms with van der Waals surface area (Å²) in [7, 11) is -10.6. The van der Waals surface area contributed by atoms with Crippen LogP contribution in [-0.2, 0) is 23.1 Å². The van der Waals surface area contributed by atoms with Gasteiger partial charge in [-0.3, -0.25) is 9.13 Å². The first-order chi connectivity index (χ1) is 4.77. The van der Waals surface area contributed by atoms with Crippen LogP contribution in [0.2, 0.25) is 0 Å². The first-order valence-corrected chi connectivity index (χ1v) is 4.84. The summed E-state index contributed by atoms with van der Waals surface area (Å²) in [6.07, 6.45) is 0. The number of nitrogens with two attached hydrogens (primary N) is 1. The summed E-state index contributed by atoms with van der Waals surface area (Å²) in [6.45, 7) is 0. The molecule has 3 N–H and O–H groups in total. The zero-order chi connectivity index (χ0) is 9.12. The third kappa shape index (κ3) is 14.2. The number of hydrogen-bond acceptors (Lipinski definition) is 8. The van der Waals surface area contributed by atoms with Crippen LogP contribution >= 0.6 is 15.6 Å². The molecule has 2 unspecified atom stereocenters. The molecule has 0 aliphatic carbocycles. The Labute approximate surface area is 117 Å². The molecule has 0 bridgehead atoms. The predicted molar refractivity (Wildman–Crippen MR) is 24.9 cm³/mol. The predicted octanol–water partition coefficient (Wildman–Crippen LogP) is -8.24. The molecule has 0 saturated heterocycles. The topological polar surface area (TPSA) is 154 Å². The van der Waals surface area contributed by atoms with Crippen molar-refractivity contribution >= 4 is 15.6 Å². The van der Waals surface area contributed by atoms with Crippen LogP contribution in [0.1, 0.15) is 0 Å². The fraction of sp³-hybridized carbons (Fsp3) is 0. The van der Waals surface area contributed by atoms with E-state index in [-0.39, 0.29) is 59.1 Å². The fourth-order valence-corrected chi connectivity index (χ4v) is 1.42. The molecule has 0 saturated carbocycles. The molecule has 68 valence electrons. The van der Waals surface area contributed by atoms with E-state index < -0.39 is 15.6 Å². The summed E-state index contributed by atoms with van der Waals surface area (Å²) in [5.41, 5.74) is 0. The van der Waals surface area contributed by atoms with Gasteiger partial charge in [-0.15, -0.1) is 9.66 Å². The molecule has 2 atom stereocenters. The molecule has 0 aromatic heterocycles. The van der Waals surface area contributed by atoms with E-state index in [1.54, 1.807) is 0 Å². The molecule has 0 radical (unpaired) electrons. The van der Waals surface area contributed by atoms with Crippen molar-refractivity contribution in [1.29, 1.82) is 0 Å². The van der Waals surface area contributed by atoms with Crippen molar-refractivity contribution in [3.63, 3.8) is 0 Å². The maximum Gasteiger partial charge on any atom is 1.00 e. The summed E-state index contributed by atoms with van der Waals surface area (Å²) in [6, 6.07) is 0. The van der Waals surface area contributed by atoms with E-state index in [2.05, 4.69) is 19.9 Å². The molecule has 0 aliphatic rings. The van der Waals surface area contributed by atoms with Gasteiger partial charge in [-0.05, 0) is 0 Å². The Hall–Kier alpha value is 2.18. The fourth-order valence-electron chi connectivity index (χ4n) is 0.193. The van der Waals surface area contributed by atoms with Gasteiger partial charge in [0.25, 0.3) is 7.82 Å². The molecular formula is H3NNa2O8P2. The van der Waals surface area contributed by atoms with Crippen LogP contribution in [0.25, 0.3) is 0 Å². The smallest absolute Gasteiger partial charge is 0.756 e. The van der Waals surface area contributed by atoms with E-state index in [1.165, 1.54) is 0 Å². The summed E-state index contributed by atoms with van der Waals surface area (Å²) in [5.74, 6) is 4.09. The van der Waals surface area contributed by atoms with Gasteiger partial charge < -0.3 is 14.7 Å². The van der Waals surface area contributed by atoms with Crippen molar-refractivity contribution in [2.45, 2.75) is 0 Å². The van der Waals surface area contributed by atoms with Crippen LogP contribution in [-0.4, -0.2) is 4.89 Å². The minimum Gasteiger partial charge on any atom is -0.756 e. The molecule has 13 heavy (non-hydrogen) atoms. The molecule has 9 nitrogen and oxygen atoms in total. The summed E-state index contributed by atoms with van der Waals surface area (Å²) in [5, 5.41) is 0. The standard InChI is InChI=1S/H5NO8P2.2Na/c1-7-8-11(5,6)9-10(2,3)4;;/h1H2,(H,5,6)(H2,2,3,4);;/q;2*+1/p-2. The molecule has 0 aromatic carbocycles. The molecule has 0 aliphatic heterocycles. The molecule has 13 heteroatoms. The Balaban J connectivity index is -0.000000500. The second kappa shape index (κ2) is 8.35. The van der Waals surface area contributed by atoms with Gasteiger partial charge in [-0.2, -0.15) is 5.90 Å². The molecule has 0 aromatic rings. The molecule has 0 heterocycles. The van der Waals surface area contributed by atoms with E-state index >= 15 is 0 Å². The third-order valence-corrected chi connectivity index (χ3v) is 2.23. The van der Waals surface area contributed by atoms with Crippen LogP contribution in [0.15, 0.2) is 0 Å². The molecule has 0 amide bonds. The Morgan fingerprint density at radius 3 is 1.85 bits per heavy atom. The second-order valence-electron chi connectivity index (χ2n) is 1.17. The minimum absolute atomic E-state index is 0. The Bertz CT molecular complexity index is 210. The average molecular weight is 253 g/mol. The average Bonchev–Trinajstić information content (AvgIpc) is 1.55. The van der Waals surface area contributed by atoms with Crippen LogP contribution in [0.4, 0.5) is 0 Å². The first kappa shape index (κ1) is 20.6. The maximum absolute atomic E-state index is 10.1. The quantitative estimate of drug-likeness (QED) is 0.215. The van der Waals surface area contributed by atoms with E-state index in [1.807, 2.05) is 0 Å². The number of rotatable bonds is 4. The van der Waals surface area contributed by atoms with Gasteiger partial charge in [0.1, 0.15) is 0 Å². The van der Waals surface area contributed by atoms with Crippen molar-refractivity contribution in [2.24, 2.45) is 5.90 Å². The van der Waals surface area contributed by atoms with Gasteiger partial charge in [0, 0.05) is 0 Å². The third-order valence-electron chi connectivity index (χ3n) is 0.338. The summed E-state index contributed by atoms with van der Waals surface area (Å²) < 4.78 is 25.9. The second-order valence-corrected chi connectivity index (χ2v) is 3.80. The maximum atomic E-state index is 10.1. The normalized spacial score (nSPS) is 18.8. The van der Waals surface area contributed by atoms with Gasteiger partial charge in [-0.25, -0.2) is 4.31 Å². The minimum atomic E-state index is -5.40. The van der Waals surface area contributed by atoms with Crippen molar-refractivity contribution in [1.82, 2.24) is 0 Å². The molecule has 0 spiro atoms. The number of phosphoric acid groups is 2. The van der Waals surface area contributed by atoms with Crippen molar-refractivity contribution in [2.75, 3.05) is 0 Å². The molecule has 0 fully saturated rings. The van der Waals surface area contributed by atoms with Gasteiger partial charge in [0.2, 0.25) is 0 Å². The van der Waals surface area contributed by atoms with Gasteiger partial charge >= 0.3 is 66.9 Å². The first-order valence-electron chi connectivity index (χ1n) is 1.88. The van der Waals surface area contributed by atoms with Crippen molar-refractivity contribution in [3.8, 4) is 0 Å². The van der Waals surface area contributed by atoms with E-state index in [9.17, 15) is 18.9 Å². The van der Waals surface area contributed by atoms with E-state index in [4.69, 9.17) is 4.89 Å². The van der Waals surface area contributed by atoms with Crippen LogP contribution in [0.3, 0.4) is 0 Å². The summed E-state index contributed by atoms with van der Waals surface area (Å²) in [4.78, 5) is 30.7. The summed E-state index contributed by atoms with van der Waals surface area (Å²) >= 11 is 0. The van der Waals surface area contributed by atoms with E-state index in [0.717, 1.165) is 0 Å². The van der Waals surface area contributed by atoms with Crippen LogP contribution in [0, 0.1) is 0 Å². The van der Waals surface area contributed by atoms with E-state index in [0.29, 0.717) is 0 Å². The zero-order valence-electron chi connectivity index (χ0n) is 6.78. The number of hydrogen-bond donors (Lipinski definition) is 2. The monoisotopic (exact) mass is 253 g/mol.